The van der Waals surface area contributed by atoms with Crippen molar-refractivity contribution in [3.8, 4) is 17.0 Å². The second-order valence-electron chi connectivity index (χ2n) is 12.3. The molecule has 2 aliphatic rings. The van der Waals surface area contributed by atoms with E-state index < -0.39 is 35.9 Å². The smallest absolute Gasteiger partial charge is 0.387 e. The SMILES string of the molecule is Cn1c(-c2ccc(OC(F)F)c(F)c2F)cnc1C(=O)Nc1ccc(C(=O)N2CCN(C(=O)C3CC[N+](C)(CC(=O)O)CC3)CC2)c(Cl)c1. The standard InChI is InChI=1S/C32H33ClF4N6O6/c1-40-23(21-5-6-24(49-32(36)37)27(35)26(21)34)16-38-28(40)29(46)39-19-3-4-20(22(33)15-19)31(48)42-11-9-41(10-12-42)30(47)18-7-13-43(2,14-8-18)17-25(44)45/h3-6,15-16,18,32H,7-14,17H2,1-2H3,(H-,39,44,45,46,48)/p+1. The molecule has 3 amide bonds. The summed E-state index contributed by atoms with van der Waals surface area (Å²) in [5, 5.41) is 11.8. The lowest BCUT2D eigenvalue weighted by Gasteiger charge is -2.41. The van der Waals surface area contributed by atoms with E-state index in [9.17, 15) is 36.7 Å². The number of aromatic nitrogens is 2. The van der Waals surface area contributed by atoms with Crippen LogP contribution in [-0.2, 0) is 16.6 Å². The number of alkyl halides is 2. The van der Waals surface area contributed by atoms with E-state index in [0.29, 0.717) is 56.6 Å². The number of aliphatic carboxylic acids is 1. The fourth-order valence-electron chi connectivity index (χ4n) is 6.22. The van der Waals surface area contributed by atoms with Crippen LogP contribution in [0.3, 0.4) is 0 Å². The third-order valence-electron chi connectivity index (χ3n) is 8.97. The normalized spacial score (nSPS) is 19.6. The molecular weight excluding hydrogens is 676 g/mol. The Morgan fingerprint density at radius 3 is 2.31 bits per heavy atom. The van der Waals surface area contributed by atoms with Gasteiger partial charge >= 0.3 is 12.6 Å². The molecule has 1 aromatic heterocycles. The molecule has 2 aromatic carbocycles. The Bertz CT molecular complexity index is 1770. The molecule has 262 valence electrons. The number of carbonyl (C=O) groups excluding carboxylic acids is 3. The van der Waals surface area contributed by atoms with Gasteiger partial charge in [0, 0.05) is 63.2 Å². The number of carboxylic acid groups (broad SMARTS) is 1. The van der Waals surface area contributed by atoms with E-state index in [2.05, 4.69) is 15.0 Å². The molecule has 12 nitrogen and oxygen atoms in total. The molecule has 49 heavy (non-hydrogen) atoms. The highest BCUT2D eigenvalue weighted by Crippen LogP contribution is 2.31. The number of imidazole rings is 1. The Labute approximate surface area is 283 Å². The van der Waals surface area contributed by atoms with Crippen LogP contribution in [0.1, 0.15) is 33.8 Å². The predicted molar refractivity (Wildman–Crippen MR) is 168 cm³/mol. The summed E-state index contributed by atoms with van der Waals surface area (Å²) in [5.74, 6) is -6.33. The Morgan fingerprint density at radius 1 is 1.04 bits per heavy atom. The summed E-state index contributed by atoms with van der Waals surface area (Å²) in [4.78, 5) is 58.0. The molecule has 0 bridgehead atoms. The van der Waals surface area contributed by atoms with Crippen LogP contribution in [0.25, 0.3) is 11.3 Å². The van der Waals surface area contributed by atoms with Gasteiger partial charge in [0.2, 0.25) is 11.7 Å². The molecule has 2 fully saturated rings. The number of quaternary nitrogens is 1. The lowest BCUT2D eigenvalue weighted by Crippen LogP contribution is -2.56. The average molecular weight is 710 g/mol. The zero-order chi connectivity index (χ0) is 35.6. The van der Waals surface area contributed by atoms with Crippen molar-refractivity contribution in [2.75, 3.05) is 58.2 Å². The molecule has 0 radical (unpaired) electrons. The number of nitrogens with one attached hydrogen (secondary N) is 1. The van der Waals surface area contributed by atoms with Crippen LogP contribution in [0.15, 0.2) is 36.5 Å². The van der Waals surface area contributed by atoms with Crippen LogP contribution >= 0.6 is 11.6 Å². The first-order chi connectivity index (χ1) is 23.2. The van der Waals surface area contributed by atoms with Crippen LogP contribution in [0.2, 0.25) is 5.02 Å². The first-order valence-corrected chi connectivity index (χ1v) is 15.7. The van der Waals surface area contributed by atoms with E-state index in [-0.39, 0.29) is 57.6 Å². The van der Waals surface area contributed by atoms with E-state index in [1.54, 1.807) is 9.80 Å². The highest BCUT2D eigenvalue weighted by atomic mass is 35.5. The van der Waals surface area contributed by atoms with E-state index in [4.69, 9.17) is 16.7 Å². The summed E-state index contributed by atoms with van der Waals surface area (Å²) in [7, 11) is 3.27. The maximum absolute atomic E-state index is 14.7. The fourth-order valence-corrected chi connectivity index (χ4v) is 6.48. The number of hydrogen-bond acceptors (Lipinski definition) is 6. The van der Waals surface area contributed by atoms with Crippen molar-refractivity contribution in [3.05, 3.63) is 64.6 Å². The van der Waals surface area contributed by atoms with Gasteiger partial charge in [-0.1, -0.05) is 11.6 Å². The molecule has 0 saturated carbocycles. The van der Waals surface area contributed by atoms with Crippen LogP contribution in [-0.4, -0.2) is 112 Å². The number of carboxylic acids is 1. The quantitative estimate of drug-likeness (QED) is 0.253. The molecule has 2 N–H and O–H groups in total. The van der Waals surface area contributed by atoms with Gasteiger partial charge in [-0.2, -0.15) is 13.2 Å². The van der Waals surface area contributed by atoms with Gasteiger partial charge in [0.25, 0.3) is 11.8 Å². The van der Waals surface area contributed by atoms with Gasteiger partial charge in [0.05, 0.1) is 42.6 Å². The first-order valence-electron chi connectivity index (χ1n) is 15.4. The number of carbonyl (C=O) groups is 4. The summed E-state index contributed by atoms with van der Waals surface area (Å²) in [6.45, 7) is -0.806. The number of halogens is 5. The summed E-state index contributed by atoms with van der Waals surface area (Å²) >= 11 is 6.44. The molecule has 5 rings (SSSR count). The highest BCUT2D eigenvalue weighted by molar-refractivity contribution is 6.34. The molecular formula is C32H34ClF4N6O6+. The number of likely N-dealkylation sites (tertiary alicyclic amines) is 1. The molecule has 3 heterocycles. The third-order valence-corrected chi connectivity index (χ3v) is 9.28. The number of anilines is 1. The van der Waals surface area contributed by atoms with Gasteiger partial charge < -0.3 is 34.0 Å². The molecule has 0 spiro atoms. The monoisotopic (exact) mass is 709 g/mol. The lowest BCUT2D eigenvalue weighted by molar-refractivity contribution is -0.907. The van der Waals surface area contributed by atoms with E-state index in [1.807, 2.05) is 7.05 Å². The van der Waals surface area contributed by atoms with Crippen molar-refractivity contribution in [1.29, 1.82) is 0 Å². The topological polar surface area (TPSA) is 134 Å². The van der Waals surface area contributed by atoms with Gasteiger partial charge in [0.15, 0.2) is 23.9 Å². The Balaban J connectivity index is 1.17. The molecule has 17 heteroatoms. The van der Waals surface area contributed by atoms with Gasteiger partial charge in [0.1, 0.15) is 0 Å². The number of ether oxygens (including phenoxy) is 1. The van der Waals surface area contributed by atoms with Crippen LogP contribution < -0.4 is 10.1 Å². The number of amides is 3. The van der Waals surface area contributed by atoms with E-state index in [0.717, 1.165) is 18.3 Å². The molecule has 0 aliphatic carbocycles. The fraction of sp³-hybridized carbons (Fsp3) is 0.406. The van der Waals surface area contributed by atoms with Crippen molar-refractivity contribution >= 4 is 41.0 Å². The Hall–Kier alpha value is -4.70. The number of likely N-dealkylation sites (N-methyl/N-ethyl adjacent to an activating group) is 1. The molecule has 0 unspecified atom stereocenters. The molecule has 0 atom stereocenters. The number of piperidine rings is 1. The second-order valence-corrected chi connectivity index (χ2v) is 12.7. The van der Waals surface area contributed by atoms with Gasteiger partial charge in [-0.25, -0.2) is 14.2 Å². The Morgan fingerprint density at radius 2 is 1.69 bits per heavy atom. The minimum absolute atomic E-state index is 0.0114. The number of rotatable bonds is 9. The van der Waals surface area contributed by atoms with Crippen molar-refractivity contribution in [2.24, 2.45) is 13.0 Å². The molecule has 2 aliphatic heterocycles. The number of hydrogen-bond donors (Lipinski definition) is 2. The summed E-state index contributed by atoms with van der Waals surface area (Å²) in [5.41, 5.74) is 0.0711. The average Bonchev–Trinajstić information content (AvgIpc) is 3.43. The number of benzene rings is 2. The zero-order valence-electron chi connectivity index (χ0n) is 26.6. The zero-order valence-corrected chi connectivity index (χ0v) is 27.4. The van der Waals surface area contributed by atoms with Crippen molar-refractivity contribution in [3.63, 3.8) is 0 Å². The maximum atomic E-state index is 14.7. The van der Waals surface area contributed by atoms with Gasteiger partial charge in [-0.05, 0) is 30.3 Å². The first kappa shape index (κ1) is 35.6. The van der Waals surface area contributed by atoms with Gasteiger partial charge in [-0.15, -0.1) is 0 Å². The van der Waals surface area contributed by atoms with Crippen LogP contribution in [0.4, 0.5) is 23.2 Å². The van der Waals surface area contributed by atoms with Crippen LogP contribution in [0.5, 0.6) is 5.75 Å². The molecule has 3 aromatic rings. The van der Waals surface area contributed by atoms with Crippen molar-refractivity contribution in [2.45, 2.75) is 19.5 Å². The van der Waals surface area contributed by atoms with Crippen molar-refractivity contribution in [1.82, 2.24) is 19.4 Å². The lowest BCUT2D eigenvalue weighted by atomic mass is 9.93. The largest absolute Gasteiger partial charge is 0.477 e. The summed E-state index contributed by atoms with van der Waals surface area (Å²) in [6.07, 6.45) is 2.33. The van der Waals surface area contributed by atoms with Crippen LogP contribution in [0, 0.1) is 17.6 Å². The second kappa shape index (κ2) is 14.4. The summed E-state index contributed by atoms with van der Waals surface area (Å²) in [6, 6.07) is 6.18. The van der Waals surface area contributed by atoms with E-state index >= 15 is 0 Å². The number of piperazine rings is 1. The molecule has 2 saturated heterocycles. The number of nitrogens with zero attached hydrogens (tertiary/aromatic N) is 5. The third kappa shape index (κ3) is 7.80. The van der Waals surface area contributed by atoms with Gasteiger partial charge in [-0.3, -0.25) is 14.4 Å². The summed E-state index contributed by atoms with van der Waals surface area (Å²) < 4.78 is 59.5. The van der Waals surface area contributed by atoms with Crippen molar-refractivity contribution < 1.29 is 51.1 Å². The van der Waals surface area contributed by atoms with E-state index in [1.165, 1.54) is 29.8 Å². The minimum Gasteiger partial charge on any atom is -0.477 e. The predicted octanol–water partition coefficient (Wildman–Crippen LogP) is 4.10. The highest BCUT2D eigenvalue weighted by Gasteiger charge is 2.37. The minimum atomic E-state index is -3.35. The Kier molecular flexibility index (Phi) is 10.5. The maximum Gasteiger partial charge on any atom is 0.387 e.